The maximum Gasteiger partial charge on any atom is 0.251 e. The Hall–Kier alpha value is -1.84. The Morgan fingerprint density at radius 3 is 3.00 bits per heavy atom. The summed E-state index contributed by atoms with van der Waals surface area (Å²) in [5, 5.41) is 2.99. The fourth-order valence-electron chi connectivity index (χ4n) is 2.35. The zero-order valence-corrected chi connectivity index (χ0v) is 11.4. The van der Waals surface area contributed by atoms with E-state index in [4.69, 9.17) is 0 Å². The van der Waals surface area contributed by atoms with E-state index in [1.807, 2.05) is 36.7 Å². The summed E-state index contributed by atoms with van der Waals surface area (Å²) >= 11 is 0. The van der Waals surface area contributed by atoms with Crippen LogP contribution in [0.1, 0.15) is 35.4 Å². The summed E-state index contributed by atoms with van der Waals surface area (Å²) in [6.45, 7) is 2.75. The average molecular weight is 257 g/mol. The number of aromatic nitrogens is 2. The van der Waals surface area contributed by atoms with Gasteiger partial charge in [0.15, 0.2) is 0 Å². The van der Waals surface area contributed by atoms with Crippen molar-refractivity contribution in [3.8, 4) is 0 Å². The van der Waals surface area contributed by atoms with Gasteiger partial charge < -0.3 is 9.88 Å². The van der Waals surface area contributed by atoms with Gasteiger partial charge in [-0.15, -0.1) is 0 Å². The number of nitrogens with zero attached hydrogens (tertiary/aromatic N) is 2. The first-order valence-corrected chi connectivity index (χ1v) is 6.86. The molecule has 0 saturated heterocycles. The van der Waals surface area contributed by atoms with Crippen LogP contribution in [0.2, 0.25) is 0 Å². The standard InChI is InChI=1S/C15H19N3O/c1-10-17-13-6-5-12(9-14(13)18(10)2)15(19)16-8-7-11-3-4-11/h5-6,9,11H,3-4,7-8H2,1-2H3,(H,16,19). The number of carbonyl (C=O) groups excluding carboxylic acids is 1. The predicted octanol–water partition coefficient (Wildman–Crippen LogP) is 2.41. The number of aryl methyl sites for hydroxylation is 2. The molecule has 19 heavy (non-hydrogen) atoms. The van der Waals surface area contributed by atoms with Gasteiger partial charge in [0, 0.05) is 19.2 Å². The van der Waals surface area contributed by atoms with Crippen LogP contribution in [-0.4, -0.2) is 22.0 Å². The molecule has 100 valence electrons. The van der Waals surface area contributed by atoms with E-state index in [1.165, 1.54) is 12.8 Å². The molecule has 1 aliphatic carbocycles. The highest BCUT2D eigenvalue weighted by atomic mass is 16.1. The minimum atomic E-state index is 0.0152. The Bertz CT molecular complexity index is 626. The molecule has 1 fully saturated rings. The van der Waals surface area contributed by atoms with Gasteiger partial charge in [0.05, 0.1) is 11.0 Å². The summed E-state index contributed by atoms with van der Waals surface area (Å²) in [5.41, 5.74) is 2.66. The first-order valence-electron chi connectivity index (χ1n) is 6.86. The summed E-state index contributed by atoms with van der Waals surface area (Å²) in [6.07, 6.45) is 3.77. The van der Waals surface area contributed by atoms with E-state index in [1.54, 1.807) is 0 Å². The van der Waals surface area contributed by atoms with Crippen LogP contribution >= 0.6 is 0 Å². The van der Waals surface area contributed by atoms with Crippen LogP contribution in [0.5, 0.6) is 0 Å². The minimum absolute atomic E-state index is 0.0152. The maximum atomic E-state index is 12.1. The van der Waals surface area contributed by atoms with Crippen LogP contribution in [0.4, 0.5) is 0 Å². The molecule has 1 aromatic heterocycles. The fraction of sp³-hybridized carbons (Fsp3) is 0.467. The zero-order chi connectivity index (χ0) is 13.4. The summed E-state index contributed by atoms with van der Waals surface area (Å²) in [5.74, 6) is 1.82. The number of nitrogens with one attached hydrogen (secondary N) is 1. The molecular formula is C15H19N3O. The van der Waals surface area contributed by atoms with Crippen LogP contribution in [0.3, 0.4) is 0 Å². The van der Waals surface area contributed by atoms with Gasteiger partial charge in [0.25, 0.3) is 5.91 Å². The van der Waals surface area contributed by atoms with Gasteiger partial charge in [0.2, 0.25) is 0 Å². The Labute approximate surface area is 112 Å². The SMILES string of the molecule is Cc1nc2ccc(C(=O)NCCC3CC3)cc2n1C. The quantitative estimate of drug-likeness (QED) is 0.914. The van der Waals surface area contributed by atoms with E-state index >= 15 is 0 Å². The number of fused-ring (bicyclic) bond motifs is 1. The molecule has 1 saturated carbocycles. The largest absolute Gasteiger partial charge is 0.352 e. The highest BCUT2D eigenvalue weighted by molar-refractivity contribution is 5.97. The molecule has 4 heteroatoms. The van der Waals surface area contributed by atoms with E-state index in [0.717, 1.165) is 35.7 Å². The molecule has 3 rings (SSSR count). The highest BCUT2D eigenvalue weighted by Gasteiger charge is 2.20. The van der Waals surface area contributed by atoms with Crippen molar-refractivity contribution < 1.29 is 4.79 Å². The van der Waals surface area contributed by atoms with Crippen molar-refractivity contribution in [3.63, 3.8) is 0 Å². The molecule has 0 aliphatic heterocycles. The Morgan fingerprint density at radius 1 is 1.47 bits per heavy atom. The van der Waals surface area contributed by atoms with Crippen LogP contribution < -0.4 is 5.32 Å². The number of carbonyl (C=O) groups is 1. The van der Waals surface area contributed by atoms with Gasteiger partial charge in [-0.05, 0) is 37.5 Å². The van der Waals surface area contributed by atoms with Crippen molar-refractivity contribution in [1.29, 1.82) is 0 Å². The van der Waals surface area contributed by atoms with Crippen molar-refractivity contribution >= 4 is 16.9 Å². The molecule has 1 heterocycles. The average Bonchev–Trinajstić information content (AvgIpc) is 3.17. The number of amides is 1. The predicted molar refractivity (Wildman–Crippen MR) is 75.1 cm³/mol. The molecule has 0 unspecified atom stereocenters. The highest BCUT2D eigenvalue weighted by Crippen LogP contribution is 2.31. The summed E-state index contributed by atoms with van der Waals surface area (Å²) in [7, 11) is 1.97. The number of hydrogen-bond acceptors (Lipinski definition) is 2. The Balaban J connectivity index is 1.75. The van der Waals surface area contributed by atoms with Crippen molar-refractivity contribution in [2.45, 2.75) is 26.2 Å². The monoisotopic (exact) mass is 257 g/mol. The third-order valence-electron chi connectivity index (χ3n) is 3.90. The molecule has 1 N–H and O–H groups in total. The van der Waals surface area contributed by atoms with E-state index < -0.39 is 0 Å². The number of imidazole rings is 1. The van der Waals surface area contributed by atoms with Gasteiger partial charge >= 0.3 is 0 Å². The molecule has 0 radical (unpaired) electrons. The summed E-state index contributed by atoms with van der Waals surface area (Å²) < 4.78 is 2.01. The van der Waals surface area contributed by atoms with Crippen molar-refractivity contribution in [2.24, 2.45) is 13.0 Å². The minimum Gasteiger partial charge on any atom is -0.352 e. The fourth-order valence-corrected chi connectivity index (χ4v) is 2.35. The first-order chi connectivity index (χ1) is 9.15. The molecule has 2 aromatic rings. The Kier molecular flexibility index (Phi) is 3.01. The smallest absolute Gasteiger partial charge is 0.251 e. The zero-order valence-electron chi connectivity index (χ0n) is 11.4. The van der Waals surface area contributed by atoms with Crippen molar-refractivity contribution in [3.05, 3.63) is 29.6 Å². The van der Waals surface area contributed by atoms with Crippen molar-refractivity contribution in [1.82, 2.24) is 14.9 Å². The van der Waals surface area contributed by atoms with Gasteiger partial charge in [-0.3, -0.25) is 4.79 Å². The molecule has 0 atom stereocenters. The van der Waals surface area contributed by atoms with Gasteiger partial charge in [-0.1, -0.05) is 12.8 Å². The third-order valence-corrected chi connectivity index (χ3v) is 3.90. The van der Waals surface area contributed by atoms with Crippen LogP contribution in [0.15, 0.2) is 18.2 Å². The van der Waals surface area contributed by atoms with Gasteiger partial charge in [-0.2, -0.15) is 0 Å². The lowest BCUT2D eigenvalue weighted by molar-refractivity contribution is 0.0953. The lowest BCUT2D eigenvalue weighted by atomic mass is 10.2. The van der Waals surface area contributed by atoms with Crippen LogP contribution in [-0.2, 0) is 7.05 Å². The molecule has 0 bridgehead atoms. The third kappa shape index (κ3) is 2.48. The normalized spacial score (nSPS) is 14.8. The number of hydrogen-bond donors (Lipinski definition) is 1. The lowest BCUT2D eigenvalue weighted by Gasteiger charge is -2.05. The van der Waals surface area contributed by atoms with Crippen molar-refractivity contribution in [2.75, 3.05) is 6.54 Å². The molecule has 0 spiro atoms. The maximum absolute atomic E-state index is 12.1. The van der Waals surface area contributed by atoms with Gasteiger partial charge in [0.1, 0.15) is 5.82 Å². The molecule has 4 nitrogen and oxygen atoms in total. The second-order valence-corrected chi connectivity index (χ2v) is 5.41. The molecule has 1 aliphatic rings. The van der Waals surface area contributed by atoms with Crippen LogP contribution in [0, 0.1) is 12.8 Å². The van der Waals surface area contributed by atoms with E-state index in [0.29, 0.717) is 5.56 Å². The van der Waals surface area contributed by atoms with E-state index in [-0.39, 0.29) is 5.91 Å². The topological polar surface area (TPSA) is 46.9 Å². The van der Waals surface area contributed by atoms with E-state index in [2.05, 4.69) is 10.3 Å². The molecule has 1 aromatic carbocycles. The number of rotatable bonds is 4. The lowest BCUT2D eigenvalue weighted by Crippen LogP contribution is -2.24. The second kappa shape index (κ2) is 4.68. The summed E-state index contributed by atoms with van der Waals surface area (Å²) in [4.78, 5) is 16.5. The second-order valence-electron chi connectivity index (χ2n) is 5.41. The van der Waals surface area contributed by atoms with Crippen LogP contribution in [0.25, 0.3) is 11.0 Å². The summed E-state index contributed by atoms with van der Waals surface area (Å²) in [6, 6.07) is 5.68. The number of benzene rings is 1. The van der Waals surface area contributed by atoms with Gasteiger partial charge in [-0.25, -0.2) is 4.98 Å². The molecule has 1 amide bonds. The Morgan fingerprint density at radius 2 is 2.26 bits per heavy atom. The first kappa shape index (κ1) is 12.2. The molecular weight excluding hydrogens is 238 g/mol. The van der Waals surface area contributed by atoms with E-state index in [9.17, 15) is 4.79 Å².